The monoisotopic (exact) mass is 601 g/mol. The molecule has 0 radical (unpaired) electrons. The lowest BCUT2D eigenvalue weighted by molar-refractivity contribution is -0.511. The van der Waals surface area contributed by atoms with Crippen LogP contribution in [0.2, 0.25) is 0 Å². The molecule has 7 rings (SSSR count). The van der Waals surface area contributed by atoms with E-state index in [0.29, 0.717) is 29.6 Å². The summed E-state index contributed by atoms with van der Waals surface area (Å²) in [6.45, 7) is 4.60. The van der Waals surface area contributed by atoms with Crippen LogP contribution in [0.3, 0.4) is 0 Å². The molecule has 0 amide bonds. The van der Waals surface area contributed by atoms with Crippen molar-refractivity contribution < 1.29 is 52.8 Å². The van der Waals surface area contributed by atoms with Crippen LogP contribution in [-0.2, 0) is 23.7 Å². The molecule has 3 fully saturated rings. The predicted molar refractivity (Wildman–Crippen MR) is 149 cm³/mol. The van der Waals surface area contributed by atoms with E-state index < -0.39 is 42.0 Å². The molecular weight excluding hydrogens is 562 g/mol. The minimum absolute atomic E-state index is 0.000738. The fourth-order valence-electron chi connectivity index (χ4n) is 7.89. The van der Waals surface area contributed by atoms with Crippen molar-refractivity contribution >= 4 is 0 Å². The van der Waals surface area contributed by atoms with Gasteiger partial charge in [-0.15, -0.1) is 0 Å². The van der Waals surface area contributed by atoms with Gasteiger partial charge in [-0.1, -0.05) is 13.3 Å². The summed E-state index contributed by atoms with van der Waals surface area (Å²) < 4.78 is 53.1. The minimum atomic E-state index is -1.21. The largest absolute Gasteiger partial charge is 0.502 e. The maximum Gasteiger partial charge on any atom is 0.231 e. The standard InChI is InChI=1S/C31H39NO11/c1-6-16-19(11-35-3)26(42-29-31(32)27(34)28-30(31,43-29)12-38-14(2)41-28)18-10-21-20(39-13-40-21)9-17(18)24(16)15-7-22(36-4)25(33)23(8-15)37-5/h7-10,14,16,19,24,26-29,33-34H,6,11-13,32H2,1-5H3/t14?,16-,19-,24-,26+,27?,28?,29?,30?,31?/m0/s1. The number of aliphatic hydroxyl groups is 1. The Morgan fingerprint density at radius 3 is 2.30 bits per heavy atom. The van der Waals surface area contributed by atoms with Crippen molar-refractivity contribution in [1.29, 1.82) is 0 Å². The van der Waals surface area contributed by atoms with Crippen LogP contribution in [-0.4, -0.2) is 87.5 Å². The summed E-state index contributed by atoms with van der Waals surface area (Å²) in [6, 6.07) is 7.63. The third-order valence-electron chi connectivity index (χ3n) is 10.1. The quantitative estimate of drug-likeness (QED) is 0.408. The lowest BCUT2D eigenvalue weighted by Gasteiger charge is -2.75. The Balaban J connectivity index is 1.32. The van der Waals surface area contributed by atoms with E-state index in [9.17, 15) is 10.2 Å². The first-order valence-electron chi connectivity index (χ1n) is 14.7. The highest BCUT2D eigenvalue weighted by Crippen LogP contribution is 2.62. The summed E-state index contributed by atoms with van der Waals surface area (Å²) in [5.74, 6) is 1.48. The highest BCUT2D eigenvalue weighted by molar-refractivity contribution is 5.58. The van der Waals surface area contributed by atoms with Crippen molar-refractivity contribution in [3.63, 3.8) is 0 Å². The predicted octanol–water partition coefficient (Wildman–Crippen LogP) is 2.56. The number of benzene rings is 2. The number of rotatable bonds is 8. The van der Waals surface area contributed by atoms with Crippen molar-refractivity contribution in [3.8, 4) is 28.7 Å². The van der Waals surface area contributed by atoms with Crippen molar-refractivity contribution in [2.45, 2.75) is 68.2 Å². The van der Waals surface area contributed by atoms with E-state index in [1.807, 2.05) is 24.3 Å². The molecule has 3 aliphatic heterocycles. The molecule has 6 unspecified atom stereocenters. The Morgan fingerprint density at radius 1 is 1.00 bits per heavy atom. The lowest BCUT2D eigenvalue weighted by atomic mass is 9.53. The lowest BCUT2D eigenvalue weighted by Crippen LogP contribution is -3.00. The summed E-state index contributed by atoms with van der Waals surface area (Å²) >= 11 is 0. The van der Waals surface area contributed by atoms with E-state index in [1.165, 1.54) is 14.2 Å². The summed E-state index contributed by atoms with van der Waals surface area (Å²) in [5.41, 5.74) is 7.41. The first kappa shape index (κ1) is 28.9. The van der Waals surface area contributed by atoms with E-state index in [0.717, 1.165) is 23.1 Å². The van der Waals surface area contributed by atoms with Crippen LogP contribution in [0.4, 0.5) is 0 Å². The molecule has 4 N–H and O–H groups in total. The van der Waals surface area contributed by atoms with Gasteiger partial charge < -0.3 is 58.6 Å². The SMILES string of the molecule is CC[C@@H]1[C@H](c2cc(OC)c(O)c(OC)c2)c2cc3c(cc2[C@@H](OC2OC45COC(C)OC4C(O)C25N)[C@H]1COC)OCO3. The zero-order valence-electron chi connectivity index (χ0n) is 24.9. The molecule has 1 spiro atoms. The van der Waals surface area contributed by atoms with Gasteiger partial charge in [0.25, 0.3) is 0 Å². The van der Waals surface area contributed by atoms with Gasteiger partial charge in [0, 0.05) is 18.9 Å². The highest BCUT2D eigenvalue weighted by Gasteiger charge is 2.85. The van der Waals surface area contributed by atoms with Crippen molar-refractivity contribution in [3.05, 3.63) is 41.0 Å². The van der Waals surface area contributed by atoms with Gasteiger partial charge in [-0.3, -0.25) is 0 Å². The van der Waals surface area contributed by atoms with E-state index in [1.54, 1.807) is 14.0 Å². The Kier molecular flexibility index (Phi) is 6.97. The number of fused-ring (bicyclic) bond motifs is 2. The molecule has 3 heterocycles. The highest BCUT2D eigenvalue weighted by atomic mass is 16.8. The topological polar surface area (TPSA) is 150 Å². The van der Waals surface area contributed by atoms with Gasteiger partial charge in [0.15, 0.2) is 35.6 Å². The summed E-state index contributed by atoms with van der Waals surface area (Å²) in [7, 11) is 4.69. The second-order valence-electron chi connectivity index (χ2n) is 12.0. The van der Waals surface area contributed by atoms with Gasteiger partial charge in [-0.25, -0.2) is 0 Å². The summed E-state index contributed by atoms with van der Waals surface area (Å²) in [4.78, 5) is 0. The number of phenols is 1. The van der Waals surface area contributed by atoms with Crippen molar-refractivity contribution in [1.82, 2.24) is 0 Å². The Morgan fingerprint density at radius 2 is 1.67 bits per heavy atom. The zero-order chi connectivity index (χ0) is 30.3. The van der Waals surface area contributed by atoms with Crippen molar-refractivity contribution in [2.75, 3.05) is 41.3 Å². The van der Waals surface area contributed by atoms with Gasteiger partial charge in [0.05, 0.1) is 33.5 Å². The molecule has 1 saturated carbocycles. The van der Waals surface area contributed by atoms with Crippen molar-refractivity contribution in [2.24, 2.45) is 17.6 Å². The first-order valence-corrected chi connectivity index (χ1v) is 14.7. The van der Waals surface area contributed by atoms with E-state index in [4.69, 9.17) is 48.4 Å². The number of methoxy groups -OCH3 is 3. The number of aromatic hydroxyl groups is 1. The van der Waals surface area contributed by atoms with Gasteiger partial charge in [-0.05, 0) is 53.8 Å². The van der Waals surface area contributed by atoms with Crippen LogP contribution in [0.5, 0.6) is 28.7 Å². The second kappa shape index (κ2) is 10.4. The maximum atomic E-state index is 11.1. The molecule has 2 aromatic rings. The smallest absolute Gasteiger partial charge is 0.231 e. The average molecular weight is 602 g/mol. The number of ether oxygens (including phenoxy) is 9. The molecule has 2 saturated heterocycles. The maximum absolute atomic E-state index is 11.1. The third-order valence-corrected chi connectivity index (χ3v) is 10.1. The van der Waals surface area contributed by atoms with Crippen LogP contribution >= 0.6 is 0 Å². The minimum Gasteiger partial charge on any atom is -0.502 e. The molecule has 2 aliphatic carbocycles. The number of aliphatic hydroxyl groups excluding tert-OH is 1. The fraction of sp³-hybridized carbons (Fsp3) is 0.613. The number of phenolic OH excluding ortho intramolecular Hbond substituents is 1. The molecule has 0 bridgehead atoms. The van der Waals surface area contributed by atoms with Gasteiger partial charge >= 0.3 is 0 Å². The van der Waals surface area contributed by atoms with Crippen LogP contribution in [0.15, 0.2) is 24.3 Å². The molecule has 10 atom stereocenters. The van der Waals surface area contributed by atoms with E-state index in [2.05, 4.69) is 6.92 Å². The Bertz CT molecular complexity index is 1380. The molecule has 2 aromatic carbocycles. The van der Waals surface area contributed by atoms with Crippen LogP contribution in [0.1, 0.15) is 49.0 Å². The Labute approximate surface area is 249 Å². The summed E-state index contributed by atoms with van der Waals surface area (Å²) in [6.07, 6.45) is -2.69. The number of nitrogens with two attached hydrogens (primary N) is 1. The van der Waals surface area contributed by atoms with E-state index in [-0.39, 0.29) is 36.9 Å². The molecule has 43 heavy (non-hydrogen) atoms. The Hall–Kier alpha value is -2.84. The third kappa shape index (κ3) is 3.87. The van der Waals surface area contributed by atoms with Crippen LogP contribution in [0.25, 0.3) is 0 Å². The molecular formula is C31H39NO11. The number of hydrogen-bond donors (Lipinski definition) is 3. The summed E-state index contributed by atoms with van der Waals surface area (Å²) in [5, 5.41) is 21.8. The first-order chi connectivity index (χ1) is 20.7. The number of hydrogen-bond acceptors (Lipinski definition) is 12. The second-order valence-corrected chi connectivity index (χ2v) is 12.0. The molecule has 234 valence electrons. The van der Waals surface area contributed by atoms with Gasteiger partial charge in [0.2, 0.25) is 12.5 Å². The molecule has 12 heteroatoms. The molecule has 5 aliphatic rings. The van der Waals surface area contributed by atoms with Gasteiger partial charge in [0.1, 0.15) is 23.3 Å². The van der Waals surface area contributed by atoms with E-state index >= 15 is 0 Å². The molecule has 12 nitrogen and oxygen atoms in total. The normalized spacial score (nSPS) is 38.7. The van der Waals surface area contributed by atoms with Crippen LogP contribution < -0.4 is 24.7 Å². The zero-order valence-corrected chi connectivity index (χ0v) is 24.9. The van der Waals surface area contributed by atoms with Crippen LogP contribution in [0, 0.1) is 11.8 Å². The fourth-order valence-corrected chi connectivity index (χ4v) is 7.89. The average Bonchev–Trinajstić information content (AvgIpc) is 3.48. The van der Waals surface area contributed by atoms with Gasteiger partial charge in [-0.2, -0.15) is 0 Å². The molecule has 0 aromatic heterocycles.